The number of nitrogens with two attached hydrogens (primary N) is 1. The van der Waals surface area contributed by atoms with E-state index in [0.717, 1.165) is 58.3 Å². The Balaban J connectivity index is 2.51. The standard InChI is InChI=1S/C16H33N3O/c1-4-14(9-10-17)7-8-16(20)19-12-6-11-18(3)13-15(19)5-2/h14-15H,4-13,17H2,1-3H3. The Kier molecular flexibility index (Phi) is 8.15. The molecule has 0 spiro atoms. The van der Waals surface area contributed by atoms with Crippen LogP contribution in [-0.4, -0.2) is 55.0 Å². The van der Waals surface area contributed by atoms with Crippen molar-refractivity contribution in [3.63, 3.8) is 0 Å². The van der Waals surface area contributed by atoms with Crippen molar-refractivity contribution in [2.45, 2.75) is 58.4 Å². The van der Waals surface area contributed by atoms with Crippen LogP contribution in [-0.2, 0) is 4.79 Å². The molecule has 4 nitrogen and oxygen atoms in total. The molecule has 0 aromatic heterocycles. The van der Waals surface area contributed by atoms with Gasteiger partial charge in [0, 0.05) is 25.6 Å². The summed E-state index contributed by atoms with van der Waals surface area (Å²) in [6, 6.07) is 0.393. The smallest absolute Gasteiger partial charge is 0.222 e. The van der Waals surface area contributed by atoms with Gasteiger partial charge in [-0.3, -0.25) is 4.79 Å². The molecule has 1 heterocycles. The molecular formula is C16H33N3O. The van der Waals surface area contributed by atoms with Crippen LogP contribution in [0.1, 0.15) is 52.4 Å². The first-order valence-electron chi connectivity index (χ1n) is 8.30. The highest BCUT2D eigenvalue weighted by Gasteiger charge is 2.25. The lowest BCUT2D eigenvalue weighted by molar-refractivity contribution is -0.133. The SMILES string of the molecule is CCC(CCN)CCC(=O)N1CCCN(C)CC1CC. The second-order valence-corrected chi connectivity index (χ2v) is 6.16. The summed E-state index contributed by atoms with van der Waals surface area (Å²) in [5.41, 5.74) is 5.63. The molecule has 2 unspecified atom stereocenters. The van der Waals surface area contributed by atoms with E-state index in [2.05, 4.69) is 30.7 Å². The van der Waals surface area contributed by atoms with Gasteiger partial charge in [-0.05, 0) is 51.7 Å². The average molecular weight is 283 g/mol. The van der Waals surface area contributed by atoms with Crippen molar-refractivity contribution >= 4 is 5.91 Å². The number of carbonyl (C=O) groups excluding carboxylic acids is 1. The molecule has 0 aromatic rings. The quantitative estimate of drug-likeness (QED) is 0.778. The van der Waals surface area contributed by atoms with E-state index in [9.17, 15) is 4.79 Å². The Labute approximate surface area is 124 Å². The molecule has 2 atom stereocenters. The molecule has 118 valence electrons. The highest BCUT2D eigenvalue weighted by molar-refractivity contribution is 5.76. The molecule has 1 aliphatic rings. The van der Waals surface area contributed by atoms with E-state index in [1.165, 1.54) is 0 Å². The van der Waals surface area contributed by atoms with Gasteiger partial charge in [-0.2, -0.15) is 0 Å². The van der Waals surface area contributed by atoms with Crippen molar-refractivity contribution in [3.8, 4) is 0 Å². The van der Waals surface area contributed by atoms with Crippen LogP contribution in [0, 0.1) is 5.92 Å². The van der Waals surface area contributed by atoms with Crippen molar-refractivity contribution in [3.05, 3.63) is 0 Å². The minimum absolute atomic E-state index is 0.350. The van der Waals surface area contributed by atoms with E-state index in [1.807, 2.05) is 0 Å². The van der Waals surface area contributed by atoms with Gasteiger partial charge in [0.25, 0.3) is 0 Å². The van der Waals surface area contributed by atoms with Gasteiger partial charge in [-0.1, -0.05) is 20.3 Å². The molecule has 1 aliphatic heterocycles. The molecule has 1 amide bonds. The number of amides is 1. The van der Waals surface area contributed by atoms with Gasteiger partial charge >= 0.3 is 0 Å². The van der Waals surface area contributed by atoms with Gasteiger partial charge in [0.05, 0.1) is 0 Å². The predicted molar refractivity (Wildman–Crippen MR) is 84.6 cm³/mol. The van der Waals surface area contributed by atoms with E-state index in [-0.39, 0.29) is 0 Å². The van der Waals surface area contributed by atoms with Crippen molar-refractivity contribution < 1.29 is 4.79 Å². The van der Waals surface area contributed by atoms with Gasteiger partial charge < -0.3 is 15.5 Å². The Bertz CT molecular complexity index is 283. The first-order chi connectivity index (χ1) is 9.62. The highest BCUT2D eigenvalue weighted by atomic mass is 16.2. The number of hydrogen-bond acceptors (Lipinski definition) is 3. The van der Waals surface area contributed by atoms with Crippen molar-refractivity contribution in [1.29, 1.82) is 0 Å². The maximum atomic E-state index is 12.5. The summed E-state index contributed by atoms with van der Waals surface area (Å²) in [7, 11) is 2.16. The zero-order valence-electron chi connectivity index (χ0n) is 13.6. The largest absolute Gasteiger partial charge is 0.338 e. The van der Waals surface area contributed by atoms with E-state index in [0.29, 0.717) is 24.3 Å². The van der Waals surface area contributed by atoms with Crippen molar-refractivity contribution in [2.24, 2.45) is 11.7 Å². The summed E-state index contributed by atoms with van der Waals surface area (Å²) in [6.45, 7) is 8.16. The van der Waals surface area contributed by atoms with Crippen LogP contribution >= 0.6 is 0 Å². The van der Waals surface area contributed by atoms with Gasteiger partial charge in [0.1, 0.15) is 0 Å². The van der Waals surface area contributed by atoms with Gasteiger partial charge in [0.2, 0.25) is 5.91 Å². The summed E-state index contributed by atoms with van der Waals surface area (Å²) >= 11 is 0. The topological polar surface area (TPSA) is 49.6 Å². The molecular weight excluding hydrogens is 250 g/mol. The van der Waals surface area contributed by atoms with Crippen molar-refractivity contribution in [1.82, 2.24) is 9.80 Å². The van der Waals surface area contributed by atoms with Crippen LogP contribution in [0.15, 0.2) is 0 Å². The van der Waals surface area contributed by atoms with Gasteiger partial charge in [0.15, 0.2) is 0 Å². The Morgan fingerprint density at radius 1 is 1.30 bits per heavy atom. The summed E-state index contributed by atoms with van der Waals surface area (Å²) < 4.78 is 0. The fourth-order valence-corrected chi connectivity index (χ4v) is 3.18. The molecule has 0 aromatic carbocycles. The second kappa shape index (κ2) is 9.35. The number of carbonyl (C=O) groups is 1. The predicted octanol–water partition coefficient (Wildman–Crippen LogP) is 2.08. The molecule has 1 saturated heterocycles. The van der Waals surface area contributed by atoms with Crippen LogP contribution < -0.4 is 5.73 Å². The minimum atomic E-state index is 0.350. The van der Waals surface area contributed by atoms with E-state index < -0.39 is 0 Å². The zero-order chi connectivity index (χ0) is 15.0. The molecule has 0 bridgehead atoms. The van der Waals surface area contributed by atoms with Crippen LogP contribution in [0.4, 0.5) is 0 Å². The molecule has 0 aliphatic carbocycles. The number of rotatable bonds is 7. The number of hydrogen-bond donors (Lipinski definition) is 1. The number of likely N-dealkylation sites (N-methyl/N-ethyl adjacent to an activating group) is 1. The Morgan fingerprint density at radius 2 is 2.05 bits per heavy atom. The first kappa shape index (κ1) is 17.4. The zero-order valence-corrected chi connectivity index (χ0v) is 13.6. The Morgan fingerprint density at radius 3 is 2.65 bits per heavy atom. The highest BCUT2D eigenvalue weighted by Crippen LogP contribution is 2.18. The second-order valence-electron chi connectivity index (χ2n) is 6.16. The van der Waals surface area contributed by atoms with Crippen LogP contribution in [0.5, 0.6) is 0 Å². The van der Waals surface area contributed by atoms with Crippen LogP contribution in [0.2, 0.25) is 0 Å². The average Bonchev–Trinajstić information content (AvgIpc) is 2.64. The summed E-state index contributed by atoms with van der Waals surface area (Å²) in [5, 5.41) is 0. The van der Waals surface area contributed by atoms with E-state index >= 15 is 0 Å². The minimum Gasteiger partial charge on any atom is -0.338 e. The third-order valence-electron chi connectivity index (χ3n) is 4.61. The fraction of sp³-hybridized carbons (Fsp3) is 0.938. The summed E-state index contributed by atoms with van der Waals surface area (Å²) in [6.07, 6.45) is 6.01. The number of nitrogens with zero attached hydrogens (tertiary/aromatic N) is 2. The van der Waals surface area contributed by atoms with Gasteiger partial charge in [-0.15, -0.1) is 0 Å². The molecule has 0 saturated carbocycles. The van der Waals surface area contributed by atoms with E-state index in [1.54, 1.807) is 0 Å². The molecule has 2 N–H and O–H groups in total. The molecule has 0 radical (unpaired) electrons. The molecule has 1 rings (SSSR count). The lowest BCUT2D eigenvalue weighted by atomic mass is 9.96. The summed E-state index contributed by atoms with van der Waals surface area (Å²) in [5.74, 6) is 0.960. The summed E-state index contributed by atoms with van der Waals surface area (Å²) in [4.78, 5) is 17.0. The molecule has 4 heteroatoms. The lowest BCUT2D eigenvalue weighted by Crippen LogP contribution is -2.43. The van der Waals surface area contributed by atoms with E-state index in [4.69, 9.17) is 5.73 Å². The third kappa shape index (κ3) is 5.41. The monoisotopic (exact) mass is 283 g/mol. The van der Waals surface area contributed by atoms with Crippen LogP contribution in [0.25, 0.3) is 0 Å². The first-order valence-corrected chi connectivity index (χ1v) is 8.30. The lowest BCUT2D eigenvalue weighted by Gasteiger charge is -2.30. The van der Waals surface area contributed by atoms with Crippen molar-refractivity contribution in [2.75, 3.05) is 33.2 Å². The molecule has 20 heavy (non-hydrogen) atoms. The maximum Gasteiger partial charge on any atom is 0.222 e. The van der Waals surface area contributed by atoms with Crippen LogP contribution in [0.3, 0.4) is 0 Å². The molecule has 1 fully saturated rings. The third-order valence-corrected chi connectivity index (χ3v) is 4.61. The fourth-order valence-electron chi connectivity index (χ4n) is 3.18. The van der Waals surface area contributed by atoms with Gasteiger partial charge in [-0.25, -0.2) is 0 Å². The Hall–Kier alpha value is -0.610. The maximum absolute atomic E-state index is 12.5. The normalized spacial score (nSPS) is 22.6.